The van der Waals surface area contributed by atoms with Gasteiger partial charge in [-0.15, -0.1) is 0 Å². The van der Waals surface area contributed by atoms with Crippen molar-refractivity contribution in [3.05, 3.63) is 0 Å². The number of urea groups is 1. The predicted octanol–water partition coefficient (Wildman–Crippen LogP) is -1.64. The fraction of sp³-hybridized carbons (Fsp3) is 0.727. The zero-order valence-electron chi connectivity index (χ0n) is 12.6. The van der Waals surface area contributed by atoms with Gasteiger partial charge in [-0.05, 0) is 18.8 Å². The van der Waals surface area contributed by atoms with Crippen LogP contribution in [0.5, 0.6) is 0 Å². The number of nitrogens with one attached hydrogen (secondary N) is 2. The van der Waals surface area contributed by atoms with Crippen molar-refractivity contribution in [2.24, 2.45) is 11.3 Å². The van der Waals surface area contributed by atoms with Crippen LogP contribution in [-0.4, -0.2) is 17.8 Å². The summed E-state index contributed by atoms with van der Waals surface area (Å²) < 4.78 is 0. The average molecular weight is 284 g/mol. The van der Waals surface area contributed by atoms with Crippen molar-refractivity contribution in [1.29, 1.82) is 0 Å². The molecule has 0 saturated carbocycles. The first-order chi connectivity index (χ1) is 7.48. The van der Waals surface area contributed by atoms with Crippen LogP contribution in [0, 0.1) is 11.3 Å². The summed E-state index contributed by atoms with van der Waals surface area (Å²) in [6, 6.07) is -0.720. The van der Waals surface area contributed by atoms with Crippen molar-refractivity contribution < 1.29 is 45.4 Å². The molecule has 4 amide bonds. The molecule has 1 fully saturated rings. The van der Waals surface area contributed by atoms with Crippen molar-refractivity contribution in [1.82, 2.24) is 10.6 Å². The van der Waals surface area contributed by atoms with Crippen molar-refractivity contribution in [2.45, 2.75) is 40.0 Å². The van der Waals surface area contributed by atoms with Gasteiger partial charge in [0.15, 0.2) is 0 Å². The monoisotopic (exact) mass is 284 g/mol. The summed E-state index contributed by atoms with van der Waals surface area (Å²) in [5.41, 5.74) is -1.09. The molecule has 1 aliphatic heterocycles. The van der Waals surface area contributed by atoms with Gasteiger partial charge >= 0.3 is 35.6 Å². The van der Waals surface area contributed by atoms with Crippen molar-refractivity contribution >= 4 is 27.7 Å². The van der Waals surface area contributed by atoms with Crippen LogP contribution >= 0.6 is 9.90 Å². The molecule has 18 heavy (non-hydrogen) atoms. The molecule has 1 heterocycles. The summed E-state index contributed by atoms with van der Waals surface area (Å²) in [5.74, 6) is -1.01. The molecule has 1 aliphatic rings. The van der Waals surface area contributed by atoms with Crippen LogP contribution in [0.25, 0.3) is 0 Å². The fourth-order valence-corrected chi connectivity index (χ4v) is 2.36. The van der Waals surface area contributed by atoms with Crippen LogP contribution in [0.2, 0.25) is 0 Å². The Morgan fingerprint density at radius 3 is 1.94 bits per heavy atom. The Hall–Kier alpha value is 0.0400. The summed E-state index contributed by atoms with van der Waals surface area (Å²) in [6.45, 7) is 5.67. The van der Waals surface area contributed by atoms with E-state index in [1.807, 2.05) is 13.8 Å². The minimum Gasteiger partial charge on any atom is -1.00 e. The third kappa shape index (κ3) is 3.53. The van der Waals surface area contributed by atoms with Crippen molar-refractivity contribution in [2.75, 3.05) is 0 Å². The zero-order chi connectivity index (χ0) is 12.3. The molecule has 0 spiro atoms. The Labute approximate surface area is 135 Å². The topological polar surface area (TPSA) is 75.3 Å². The maximum absolute atomic E-state index is 11.9. The smallest absolute Gasteiger partial charge is 1.00 e. The number of amides is 4. The number of carbonyl (C=O) groups is 3. The molecule has 5 nitrogen and oxygen atoms in total. The Morgan fingerprint density at radius 2 is 1.61 bits per heavy atom. The first kappa shape index (κ1) is 20.4. The molecule has 1 rings (SSSR count). The van der Waals surface area contributed by atoms with Gasteiger partial charge in [0.05, 0.1) is 0 Å². The molecule has 0 aromatic heterocycles. The molecule has 2 unspecified atom stereocenters. The molecule has 0 aromatic rings. The number of barbiturate groups is 1. The van der Waals surface area contributed by atoms with Gasteiger partial charge in [-0.25, -0.2) is 4.79 Å². The first-order valence-electron chi connectivity index (χ1n) is 5.65. The summed E-state index contributed by atoms with van der Waals surface area (Å²) in [5, 5.41) is 4.36. The number of hydrogen-bond donors (Lipinski definition) is 2. The molecule has 0 aromatic carbocycles. The van der Waals surface area contributed by atoms with Gasteiger partial charge in [0.25, 0.3) is 0 Å². The Bertz CT molecular complexity index is 322. The first-order valence-corrected chi connectivity index (χ1v) is 5.65. The van der Waals surface area contributed by atoms with E-state index in [1.165, 1.54) is 0 Å². The van der Waals surface area contributed by atoms with Crippen LogP contribution in [0.4, 0.5) is 4.79 Å². The van der Waals surface area contributed by atoms with E-state index >= 15 is 0 Å². The van der Waals surface area contributed by atoms with Crippen molar-refractivity contribution in [3.63, 3.8) is 0 Å². The third-order valence-electron chi connectivity index (χ3n) is 3.39. The molecule has 100 valence electrons. The summed E-state index contributed by atoms with van der Waals surface area (Å²) in [6.07, 6.45) is 2.08. The van der Waals surface area contributed by atoms with E-state index in [1.54, 1.807) is 6.92 Å². The van der Waals surface area contributed by atoms with Gasteiger partial charge < -0.3 is 1.43 Å². The second-order valence-corrected chi connectivity index (χ2v) is 4.25. The largest absolute Gasteiger partial charge is 1.00 e. The molecule has 7 heteroatoms. The Balaban J connectivity index is -0.000000853. The van der Waals surface area contributed by atoms with Crippen LogP contribution in [0.1, 0.15) is 41.5 Å². The molecule has 0 radical (unpaired) electrons. The SMILES string of the molecule is CCCC(C)C1(CC)C(=O)NC(=O)NC1=O.P.[H-].[Na+]. The molecular weight excluding hydrogens is 262 g/mol. The van der Waals surface area contributed by atoms with Gasteiger partial charge in [0.1, 0.15) is 5.41 Å². The van der Waals surface area contributed by atoms with E-state index in [0.29, 0.717) is 6.42 Å². The van der Waals surface area contributed by atoms with E-state index in [-0.39, 0.29) is 46.8 Å². The van der Waals surface area contributed by atoms with E-state index in [9.17, 15) is 14.4 Å². The molecule has 0 bridgehead atoms. The second-order valence-electron chi connectivity index (χ2n) is 4.25. The maximum atomic E-state index is 11.9. The number of imide groups is 2. The van der Waals surface area contributed by atoms with Crippen LogP contribution in [0.15, 0.2) is 0 Å². The quantitative estimate of drug-likeness (QED) is 0.369. The number of hydrogen-bond acceptors (Lipinski definition) is 3. The van der Waals surface area contributed by atoms with Gasteiger partial charge in [-0.1, -0.05) is 27.2 Å². The molecule has 0 aliphatic carbocycles. The third-order valence-corrected chi connectivity index (χ3v) is 3.39. The average Bonchev–Trinajstić information content (AvgIpc) is 2.18. The second kappa shape index (κ2) is 8.26. The zero-order valence-corrected chi connectivity index (χ0v) is 15.0. The number of rotatable bonds is 4. The minimum atomic E-state index is -1.09. The number of carbonyl (C=O) groups excluding carboxylic acids is 3. The van der Waals surface area contributed by atoms with E-state index in [4.69, 9.17) is 0 Å². The fourth-order valence-electron chi connectivity index (χ4n) is 2.36. The normalized spacial score (nSPS) is 18.9. The predicted molar refractivity (Wildman–Crippen MR) is 70.7 cm³/mol. The molecule has 2 N–H and O–H groups in total. The van der Waals surface area contributed by atoms with E-state index in [0.717, 1.165) is 12.8 Å². The van der Waals surface area contributed by atoms with E-state index < -0.39 is 23.3 Å². The van der Waals surface area contributed by atoms with E-state index in [2.05, 4.69) is 10.6 Å². The Morgan fingerprint density at radius 1 is 1.17 bits per heavy atom. The Kier molecular flexibility index (Phi) is 9.34. The van der Waals surface area contributed by atoms with Gasteiger partial charge in [-0.2, -0.15) is 9.90 Å². The molecular formula is C11H22N2NaO3P. The van der Waals surface area contributed by atoms with Crippen LogP contribution < -0.4 is 40.2 Å². The van der Waals surface area contributed by atoms with Crippen molar-refractivity contribution in [3.8, 4) is 0 Å². The van der Waals surface area contributed by atoms with Gasteiger partial charge in [-0.3, -0.25) is 20.2 Å². The summed E-state index contributed by atoms with van der Waals surface area (Å²) in [7, 11) is 0. The molecule has 2 atom stereocenters. The van der Waals surface area contributed by atoms with Gasteiger partial charge in [0.2, 0.25) is 11.8 Å². The summed E-state index contributed by atoms with van der Waals surface area (Å²) in [4.78, 5) is 34.8. The summed E-state index contributed by atoms with van der Waals surface area (Å²) >= 11 is 0. The van der Waals surface area contributed by atoms with Gasteiger partial charge in [0, 0.05) is 0 Å². The van der Waals surface area contributed by atoms with Crippen LogP contribution in [0.3, 0.4) is 0 Å². The van der Waals surface area contributed by atoms with Crippen LogP contribution in [-0.2, 0) is 9.59 Å². The standard InChI is InChI=1S/C11H18N2O3.Na.H3P.H/c1-4-6-7(3)11(5-2)8(14)12-10(16)13-9(11)15;;;/h7H,4-6H2,1-3H3,(H2,12,13,14,15,16);;1H3;/q;+1;;-1. The molecule has 1 saturated heterocycles. The minimum absolute atomic E-state index is 0. The maximum Gasteiger partial charge on any atom is 1.00 e.